The van der Waals surface area contributed by atoms with E-state index in [-0.39, 0.29) is 12.4 Å². The number of aryl methyl sites for hydroxylation is 1. The summed E-state index contributed by atoms with van der Waals surface area (Å²) >= 11 is 7.84. The summed E-state index contributed by atoms with van der Waals surface area (Å²) in [6.07, 6.45) is 0. The van der Waals surface area contributed by atoms with Crippen molar-refractivity contribution in [2.24, 2.45) is 7.05 Å². The molecular formula is C19H23Cl2N5O2S. The predicted molar refractivity (Wildman–Crippen MR) is 117 cm³/mol. The zero-order valence-electron chi connectivity index (χ0n) is 16.2. The number of para-hydroxylation sites is 1. The fourth-order valence-electron chi connectivity index (χ4n) is 2.57. The Morgan fingerprint density at radius 2 is 1.93 bits per heavy atom. The molecule has 3 aromatic rings. The van der Waals surface area contributed by atoms with Crippen LogP contribution in [0.5, 0.6) is 11.5 Å². The van der Waals surface area contributed by atoms with Gasteiger partial charge in [-0.05, 0) is 22.6 Å². The van der Waals surface area contributed by atoms with E-state index in [9.17, 15) is 0 Å². The van der Waals surface area contributed by atoms with Crippen molar-refractivity contribution in [3.05, 3.63) is 58.6 Å². The summed E-state index contributed by atoms with van der Waals surface area (Å²) in [5.74, 6) is 2.28. The van der Waals surface area contributed by atoms with Gasteiger partial charge in [-0.1, -0.05) is 53.7 Å². The first-order valence-corrected chi connectivity index (χ1v) is 10.1. The average Bonchev–Trinajstić information content (AvgIpc) is 3.12. The maximum atomic E-state index is 6.23. The number of thioether (sulfide) groups is 1. The highest BCUT2D eigenvalue weighted by Crippen LogP contribution is 2.32. The summed E-state index contributed by atoms with van der Waals surface area (Å²) < 4.78 is 13.2. The Bertz CT molecular complexity index is 910. The lowest BCUT2D eigenvalue weighted by Crippen LogP contribution is -2.17. The Hall–Kier alpha value is -2.00. The standard InChI is InChI=1S/C19H22ClN5O2S.ClH/c1-25-19(22-23-24-25)28-11-10-21-12-14-7-5-9-17(26-2)18(14)27-13-15-6-3-4-8-16(15)20;/h3-9,21H,10-13H2,1-2H3;1H. The third-order valence-corrected chi connectivity index (χ3v) is 5.40. The van der Waals surface area contributed by atoms with Crippen LogP contribution in [0.15, 0.2) is 47.6 Å². The predicted octanol–water partition coefficient (Wildman–Crippen LogP) is 3.75. The van der Waals surface area contributed by atoms with Crippen LogP contribution in [0.2, 0.25) is 5.02 Å². The normalized spacial score (nSPS) is 10.4. The molecule has 0 fully saturated rings. The molecule has 1 N–H and O–H groups in total. The van der Waals surface area contributed by atoms with Crippen molar-refractivity contribution in [3.8, 4) is 11.5 Å². The van der Waals surface area contributed by atoms with Gasteiger partial charge in [0.2, 0.25) is 5.16 Å². The molecule has 0 saturated heterocycles. The maximum absolute atomic E-state index is 6.23. The number of halogens is 2. The van der Waals surface area contributed by atoms with Gasteiger partial charge in [0, 0.05) is 42.0 Å². The van der Waals surface area contributed by atoms with Crippen LogP contribution in [0.25, 0.3) is 0 Å². The summed E-state index contributed by atoms with van der Waals surface area (Å²) in [6, 6.07) is 13.5. The molecule has 0 saturated carbocycles. The Kier molecular flexibility index (Phi) is 9.53. The minimum absolute atomic E-state index is 0. The van der Waals surface area contributed by atoms with Gasteiger partial charge in [0.15, 0.2) is 11.5 Å². The average molecular weight is 456 g/mol. The molecule has 0 aliphatic rings. The van der Waals surface area contributed by atoms with E-state index in [0.29, 0.717) is 23.9 Å². The first-order valence-electron chi connectivity index (χ1n) is 8.77. The fraction of sp³-hybridized carbons (Fsp3) is 0.316. The van der Waals surface area contributed by atoms with E-state index >= 15 is 0 Å². The third kappa shape index (κ3) is 6.50. The van der Waals surface area contributed by atoms with E-state index in [0.717, 1.165) is 34.3 Å². The Labute approximate surface area is 185 Å². The number of hydrogen-bond donors (Lipinski definition) is 1. The Balaban J connectivity index is 0.00000300. The molecule has 0 aliphatic heterocycles. The molecule has 0 atom stereocenters. The van der Waals surface area contributed by atoms with E-state index in [1.165, 1.54) is 0 Å². The topological polar surface area (TPSA) is 74.1 Å². The lowest BCUT2D eigenvalue weighted by Gasteiger charge is -2.16. The summed E-state index contributed by atoms with van der Waals surface area (Å²) in [5, 5.41) is 16.3. The second-order valence-corrected chi connectivity index (χ2v) is 7.41. The number of ether oxygens (including phenoxy) is 2. The van der Waals surface area contributed by atoms with Crippen LogP contribution in [-0.4, -0.2) is 39.6 Å². The van der Waals surface area contributed by atoms with Crippen LogP contribution in [-0.2, 0) is 20.2 Å². The van der Waals surface area contributed by atoms with Crippen molar-refractivity contribution in [1.29, 1.82) is 0 Å². The quantitative estimate of drug-likeness (QED) is 0.368. The Morgan fingerprint density at radius 3 is 2.66 bits per heavy atom. The van der Waals surface area contributed by atoms with Crippen LogP contribution in [0.3, 0.4) is 0 Å². The van der Waals surface area contributed by atoms with E-state index < -0.39 is 0 Å². The SMILES string of the molecule is COc1cccc(CNCCSc2nnnn2C)c1OCc1ccccc1Cl.Cl. The molecule has 0 amide bonds. The number of hydrogen-bond acceptors (Lipinski definition) is 7. The molecule has 2 aromatic carbocycles. The highest BCUT2D eigenvalue weighted by atomic mass is 35.5. The van der Waals surface area contributed by atoms with Crippen LogP contribution >= 0.6 is 35.8 Å². The smallest absolute Gasteiger partial charge is 0.209 e. The molecule has 0 spiro atoms. The molecule has 29 heavy (non-hydrogen) atoms. The van der Waals surface area contributed by atoms with Gasteiger partial charge < -0.3 is 14.8 Å². The molecular weight excluding hydrogens is 433 g/mol. The largest absolute Gasteiger partial charge is 0.493 e. The number of nitrogens with one attached hydrogen (secondary N) is 1. The van der Waals surface area contributed by atoms with Crippen molar-refractivity contribution in [2.75, 3.05) is 19.4 Å². The van der Waals surface area contributed by atoms with Gasteiger partial charge in [-0.3, -0.25) is 0 Å². The van der Waals surface area contributed by atoms with Gasteiger partial charge in [-0.2, -0.15) is 0 Å². The number of aromatic nitrogens is 4. The van der Waals surface area contributed by atoms with Crippen LogP contribution in [0, 0.1) is 0 Å². The number of tetrazole rings is 1. The molecule has 10 heteroatoms. The van der Waals surface area contributed by atoms with Gasteiger partial charge in [-0.25, -0.2) is 4.68 Å². The summed E-state index contributed by atoms with van der Waals surface area (Å²) in [7, 11) is 3.47. The van der Waals surface area contributed by atoms with Gasteiger partial charge in [0.1, 0.15) is 6.61 Å². The lowest BCUT2D eigenvalue weighted by atomic mass is 10.1. The van der Waals surface area contributed by atoms with Crippen molar-refractivity contribution in [3.63, 3.8) is 0 Å². The highest BCUT2D eigenvalue weighted by Gasteiger charge is 2.12. The van der Waals surface area contributed by atoms with E-state index in [4.69, 9.17) is 21.1 Å². The highest BCUT2D eigenvalue weighted by molar-refractivity contribution is 7.99. The van der Waals surface area contributed by atoms with E-state index in [1.54, 1.807) is 23.6 Å². The van der Waals surface area contributed by atoms with Crippen LogP contribution in [0.1, 0.15) is 11.1 Å². The van der Waals surface area contributed by atoms with Crippen LogP contribution < -0.4 is 14.8 Å². The molecule has 1 heterocycles. The molecule has 156 valence electrons. The second-order valence-electron chi connectivity index (χ2n) is 5.94. The molecule has 7 nitrogen and oxygen atoms in total. The molecule has 3 rings (SSSR count). The van der Waals surface area contributed by atoms with Crippen LogP contribution in [0.4, 0.5) is 0 Å². The summed E-state index contributed by atoms with van der Waals surface area (Å²) in [6.45, 7) is 1.84. The van der Waals surface area contributed by atoms with Crippen molar-refractivity contribution >= 4 is 35.8 Å². The Morgan fingerprint density at radius 1 is 1.14 bits per heavy atom. The lowest BCUT2D eigenvalue weighted by molar-refractivity contribution is 0.281. The maximum Gasteiger partial charge on any atom is 0.209 e. The van der Waals surface area contributed by atoms with E-state index in [2.05, 4.69) is 20.8 Å². The number of nitrogens with zero attached hydrogens (tertiary/aromatic N) is 4. The minimum atomic E-state index is 0. The van der Waals surface area contributed by atoms with E-state index in [1.807, 2.05) is 49.5 Å². The van der Waals surface area contributed by atoms with Gasteiger partial charge in [-0.15, -0.1) is 17.5 Å². The number of methoxy groups -OCH3 is 1. The molecule has 0 radical (unpaired) electrons. The minimum Gasteiger partial charge on any atom is -0.493 e. The molecule has 1 aromatic heterocycles. The second kappa shape index (κ2) is 11.9. The zero-order chi connectivity index (χ0) is 19.8. The summed E-state index contributed by atoms with van der Waals surface area (Å²) in [5.41, 5.74) is 1.96. The van der Waals surface area contributed by atoms with Gasteiger partial charge in [0.25, 0.3) is 0 Å². The first-order chi connectivity index (χ1) is 13.7. The number of benzene rings is 2. The van der Waals surface area contributed by atoms with Crippen molar-refractivity contribution < 1.29 is 9.47 Å². The fourth-order valence-corrected chi connectivity index (χ4v) is 3.51. The first kappa shape index (κ1) is 23.3. The van der Waals surface area contributed by atoms with Gasteiger partial charge >= 0.3 is 0 Å². The van der Waals surface area contributed by atoms with Crippen molar-refractivity contribution in [2.45, 2.75) is 18.3 Å². The zero-order valence-corrected chi connectivity index (χ0v) is 18.6. The molecule has 0 bridgehead atoms. The third-order valence-electron chi connectivity index (χ3n) is 4.02. The van der Waals surface area contributed by atoms with Gasteiger partial charge in [0.05, 0.1) is 7.11 Å². The molecule has 0 aliphatic carbocycles. The monoisotopic (exact) mass is 455 g/mol. The van der Waals surface area contributed by atoms with Crippen molar-refractivity contribution in [1.82, 2.24) is 25.5 Å². The summed E-state index contributed by atoms with van der Waals surface area (Å²) in [4.78, 5) is 0. The number of rotatable bonds is 10. The molecule has 0 unspecified atom stereocenters.